The molecule has 0 bridgehead atoms. The van der Waals surface area contributed by atoms with Gasteiger partial charge in [0.2, 0.25) is 0 Å². The van der Waals surface area contributed by atoms with Crippen LogP contribution in [-0.2, 0) is 10.3 Å². The van der Waals surface area contributed by atoms with Crippen LogP contribution >= 0.6 is 0 Å². The van der Waals surface area contributed by atoms with Gasteiger partial charge >= 0.3 is 6.92 Å². The van der Waals surface area contributed by atoms with E-state index in [0.717, 1.165) is 5.69 Å². The maximum Gasteiger partial charge on any atom is 0.325 e. The number of nitrogens with zero attached hydrogens (tertiary/aromatic N) is 1. The molecule has 0 aliphatic carbocycles. The molecule has 2 aromatic rings. The number of aromatic nitrogens is 1. The van der Waals surface area contributed by atoms with Crippen LogP contribution in [0.4, 0.5) is 0 Å². The number of hydrogen-bond acceptors (Lipinski definition) is 2. The first-order valence-corrected chi connectivity index (χ1v) is 6.81. The average Bonchev–Trinajstić information content (AvgIpc) is 2.72. The Kier molecular flexibility index (Phi) is 2.94. The monoisotopic (exact) mass is 251 g/mol. The Bertz CT molecular complexity index is 586. The van der Waals surface area contributed by atoms with E-state index in [2.05, 4.69) is 56.0 Å². The lowest BCUT2D eigenvalue weighted by Crippen LogP contribution is -2.30. The number of pyridine rings is 1. The van der Waals surface area contributed by atoms with Gasteiger partial charge in [0.1, 0.15) is 0 Å². The van der Waals surface area contributed by atoms with Crippen LogP contribution in [0.5, 0.6) is 0 Å². The lowest BCUT2D eigenvalue weighted by Gasteiger charge is -2.33. The van der Waals surface area contributed by atoms with E-state index in [9.17, 15) is 0 Å². The molecule has 1 aromatic carbocycles. The molecular weight excluding hydrogens is 233 g/mol. The Labute approximate surface area is 114 Å². The standard InChI is InChI=1S/C16H18BNO/c1-12(15-10-6-7-11-18-15)16(2)13-8-4-5-9-14(13)17(3)19-16/h4-12H,1-3H3. The summed E-state index contributed by atoms with van der Waals surface area (Å²) in [5.41, 5.74) is 3.37. The Morgan fingerprint density at radius 3 is 2.63 bits per heavy atom. The maximum atomic E-state index is 6.30. The van der Waals surface area contributed by atoms with Crippen LogP contribution in [0, 0.1) is 0 Å². The molecular formula is C16H18BNO. The minimum absolute atomic E-state index is 0.146. The summed E-state index contributed by atoms with van der Waals surface area (Å²) in [6.45, 7) is 6.63. The topological polar surface area (TPSA) is 22.1 Å². The van der Waals surface area contributed by atoms with Crippen molar-refractivity contribution < 1.29 is 4.65 Å². The molecule has 3 heteroatoms. The fourth-order valence-electron chi connectivity index (χ4n) is 3.05. The lowest BCUT2D eigenvalue weighted by molar-refractivity contribution is 0.0724. The Morgan fingerprint density at radius 2 is 1.89 bits per heavy atom. The zero-order valence-corrected chi connectivity index (χ0v) is 11.6. The van der Waals surface area contributed by atoms with Gasteiger partial charge in [0.25, 0.3) is 0 Å². The lowest BCUT2D eigenvalue weighted by atomic mass is 9.64. The summed E-state index contributed by atoms with van der Waals surface area (Å²) in [4.78, 5) is 4.49. The van der Waals surface area contributed by atoms with Crippen LogP contribution in [0.2, 0.25) is 6.82 Å². The summed E-state index contributed by atoms with van der Waals surface area (Å²) >= 11 is 0. The number of benzene rings is 1. The normalized spacial score (nSPS) is 23.2. The number of hydrogen-bond donors (Lipinski definition) is 0. The zero-order chi connectivity index (χ0) is 13.5. The molecule has 0 spiro atoms. The van der Waals surface area contributed by atoms with Crippen molar-refractivity contribution in [3.05, 3.63) is 59.9 Å². The predicted molar refractivity (Wildman–Crippen MR) is 78.8 cm³/mol. The SMILES string of the molecule is CB1OC(C)(C(C)c2ccccn2)c2ccccc21. The molecule has 1 aliphatic rings. The fourth-order valence-corrected chi connectivity index (χ4v) is 3.05. The van der Waals surface area contributed by atoms with Gasteiger partial charge in [0, 0.05) is 17.8 Å². The van der Waals surface area contributed by atoms with Gasteiger partial charge < -0.3 is 4.65 Å². The first-order chi connectivity index (χ1) is 9.13. The van der Waals surface area contributed by atoms with Crippen molar-refractivity contribution in [2.24, 2.45) is 0 Å². The molecule has 2 heterocycles. The van der Waals surface area contributed by atoms with E-state index >= 15 is 0 Å². The highest BCUT2D eigenvalue weighted by Crippen LogP contribution is 2.42. The van der Waals surface area contributed by atoms with E-state index < -0.39 is 0 Å². The number of fused-ring (bicyclic) bond motifs is 1. The second-order valence-corrected chi connectivity index (χ2v) is 5.43. The van der Waals surface area contributed by atoms with Gasteiger partial charge in [-0.2, -0.15) is 0 Å². The maximum absolute atomic E-state index is 6.30. The minimum Gasteiger partial charge on any atom is -0.421 e. The van der Waals surface area contributed by atoms with Crippen LogP contribution in [-0.4, -0.2) is 11.9 Å². The van der Waals surface area contributed by atoms with E-state index in [1.807, 2.05) is 18.3 Å². The molecule has 0 fully saturated rings. The summed E-state index contributed by atoms with van der Waals surface area (Å²) in [6, 6.07) is 14.6. The minimum atomic E-state index is -0.301. The van der Waals surface area contributed by atoms with E-state index in [0.29, 0.717) is 0 Å². The molecule has 0 saturated carbocycles. The van der Waals surface area contributed by atoms with Crippen molar-refractivity contribution in [3.8, 4) is 0 Å². The molecule has 0 N–H and O–H groups in total. The van der Waals surface area contributed by atoms with Crippen LogP contribution < -0.4 is 5.46 Å². The summed E-state index contributed by atoms with van der Waals surface area (Å²) in [6.07, 6.45) is 1.85. The van der Waals surface area contributed by atoms with Crippen molar-refractivity contribution in [1.29, 1.82) is 0 Å². The molecule has 0 amide bonds. The molecule has 3 rings (SSSR count). The van der Waals surface area contributed by atoms with Gasteiger partial charge in [-0.25, -0.2) is 0 Å². The third kappa shape index (κ3) is 1.89. The third-order valence-electron chi connectivity index (χ3n) is 4.31. The van der Waals surface area contributed by atoms with Gasteiger partial charge in [-0.15, -0.1) is 0 Å². The van der Waals surface area contributed by atoms with Gasteiger partial charge in [-0.3, -0.25) is 4.98 Å². The highest BCUT2D eigenvalue weighted by Gasteiger charge is 2.45. The predicted octanol–water partition coefficient (Wildman–Crippen LogP) is 2.96. The summed E-state index contributed by atoms with van der Waals surface area (Å²) in [5, 5.41) is 0. The largest absolute Gasteiger partial charge is 0.421 e. The number of rotatable bonds is 2. The fraction of sp³-hybridized carbons (Fsp3) is 0.312. The van der Waals surface area contributed by atoms with E-state index in [4.69, 9.17) is 4.65 Å². The zero-order valence-electron chi connectivity index (χ0n) is 11.6. The van der Waals surface area contributed by atoms with Crippen LogP contribution in [0.3, 0.4) is 0 Å². The Morgan fingerprint density at radius 1 is 1.16 bits per heavy atom. The van der Waals surface area contributed by atoms with Crippen LogP contribution in [0.25, 0.3) is 0 Å². The van der Waals surface area contributed by atoms with Gasteiger partial charge in [-0.05, 0) is 30.1 Å². The highest BCUT2D eigenvalue weighted by atomic mass is 16.5. The Hall–Kier alpha value is -1.61. The molecule has 19 heavy (non-hydrogen) atoms. The molecule has 2 atom stereocenters. The molecule has 1 aromatic heterocycles. The smallest absolute Gasteiger partial charge is 0.325 e. The second kappa shape index (κ2) is 4.50. The van der Waals surface area contributed by atoms with Crippen molar-refractivity contribution >= 4 is 12.4 Å². The average molecular weight is 251 g/mol. The Balaban J connectivity index is 2.06. The molecule has 96 valence electrons. The molecule has 1 aliphatic heterocycles. The molecule has 2 unspecified atom stereocenters. The quantitative estimate of drug-likeness (QED) is 0.765. The van der Waals surface area contributed by atoms with Gasteiger partial charge in [-0.1, -0.05) is 44.1 Å². The second-order valence-electron chi connectivity index (χ2n) is 5.43. The molecule has 0 saturated heterocycles. The third-order valence-corrected chi connectivity index (χ3v) is 4.31. The molecule has 0 radical (unpaired) electrons. The van der Waals surface area contributed by atoms with E-state index in [1.165, 1.54) is 11.0 Å². The molecule has 2 nitrogen and oxygen atoms in total. The first-order valence-electron chi connectivity index (χ1n) is 6.81. The van der Waals surface area contributed by atoms with E-state index in [-0.39, 0.29) is 18.4 Å². The van der Waals surface area contributed by atoms with Crippen molar-refractivity contribution in [3.63, 3.8) is 0 Å². The van der Waals surface area contributed by atoms with Gasteiger partial charge in [0.15, 0.2) is 0 Å². The van der Waals surface area contributed by atoms with Crippen LogP contribution in [0.15, 0.2) is 48.7 Å². The van der Waals surface area contributed by atoms with Crippen molar-refractivity contribution in [1.82, 2.24) is 4.98 Å². The summed E-state index contributed by atoms with van der Waals surface area (Å²) in [5.74, 6) is 0.222. The summed E-state index contributed by atoms with van der Waals surface area (Å²) in [7, 11) is 0. The van der Waals surface area contributed by atoms with Gasteiger partial charge in [0.05, 0.1) is 5.60 Å². The van der Waals surface area contributed by atoms with Crippen molar-refractivity contribution in [2.45, 2.75) is 32.2 Å². The van der Waals surface area contributed by atoms with Crippen molar-refractivity contribution in [2.75, 3.05) is 0 Å². The first kappa shape index (κ1) is 12.4. The highest BCUT2D eigenvalue weighted by molar-refractivity contribution is 6.67. The van der Waals surface area contributed by atoms with Crippen LogP contribution in [0.1, 0.15) is 31.0 Å². The van der Waals surface area contributed by atoms with E-state index in [1.54, 1.807) is 0 Å². The summed E-state index contributed by atoms with van der Waals surface area (Å²) < 4.78 is 6.30.